The smallest absolute Gasteiger partial charge is 0.301 e. The van der Waals surface area contributed by atoms with Gasteiger partial charge in [0.1, 0.15) is 18.1 Å². The molecule has 0 saturated carbocycles. The van der Waals surface area contributed by atoms with Gasteiger partial charge in [-0.25, -0.2) is 4.98 Å². The maximum Gasteiger partial charge on any atom is 0.301 e. The monoisotopic (exact) mass is 483 g/mol. The van der Waals surface area contributed by atoms with E-state index in [-0.39, 0.29) is 11.3 Å². The number of carbonyl (C=O) groups is 2. The summed E-state index contributed by atoms with van der Waals surface area (Å²) >= 11 is 1.32. The number of hydrogen-bond acceptors (Lipinski definition) is 7. The van der Waals surface area contributed by atoms with E-state index in [9.17, 15) is 14.7 Å². The largest absolute Gasteiger partial charge is 0.507 e. The topological polar surface area (TPSA) is 92.6 Å². The van der Waals surface area contributed by atoms with Crippen LogP contribution in [0.4, 0.5) is 5.13 Å². The molecule has 1 aliphatic rings. The van der Waals surface area contributed by atoms with Crippen molar-refractivity contribution in [2.75, 3.05) is 11.5 Å². The van der Waals surface area contributed by atoms with E-state index < -0.39 is 17.7 Å². The number of rotatable bonds is 6. The molecular weight excluding hydrogens is 462 g/mol. The maximum absolute atomic E-state index is 13.4. The number of aliphatic hydroxyl groups excluding tert-OH is 1. The Balaban J connectivity index is 1.71. The highest BCUT2D eigenvalue weighted by molar-refractivity contribution is 7.22. The van der Waals surface area contributed by atoms with Gasteiger partial charge in [0.05, 0.1) is 21.8 Å². The first-order valence-corrected chi connectivity index (χ1v) is 11.7. The molecule has 5 rings (SSSR count). The van der Waals surface area contributed by atoms with Crippen LogP contribution in [0.5, 0.6) is 5.75 Å². The minimum atomic E-state index is -0.892. The average Bonchev–Trinajstić information content (AvgIpc) is 3.40. The van der Waals surface area contributed by atoms with Gasteiger partial charge in [-0.3, -0.25) is 19.5 Å². The predicted molar refractivity (Wildman–Crippen MR) is 136 cm³/mol. The van der Waals surface area contributed by atoms with Crippen LogP contribution < -0.4 is 9.64 Å². The zero-order valence-electron chi connectivity index (χ0n) is 18.8. The third-order valence-corrected chi connectivity index (χ3v) is 6.70. The number of pyridine rings is 1. The number of benzene rings is 2. The molecule has 0 bridgehead atoms. The van der Waals surface area contributed by atoms with Crippen LogP contribution in [0.1, 0.15) is 22.7 Å². The van der Waals surface area contributed by atoms with Crippen molar-refractivity contribution in [1.82, 2.24) is 9.97 Å². The van der Waals surface area contributed by atoms with E-state index in [1.54, 1.807) is 42.5 Å². The number of hydrogen-bond donors (Lipinski definition) is 1. The van der Waals surface area contributed by atoms with Crippen molar-refractivity contribution in [3.05, 3.63) is 102 Å². The van der Waals surface area contributed by atoms with Gasteiger partial charge in [0, 0.05) is 18.0 Å². The van der Waals surface area contributed by atoms with E-state index in [1.165, 1.54) is 28.6 Å². The molecule has 1 fully saturated rings. The number of aromatic nitrogens is 2. The summed E-state index contributed by atoms with van der Waals surface area (Å²) in [5.74, 6) is -1.25. The Morgan fingerprint density at radius 3 is 2.74 bits per heavy atom. The zero-order chi connectivity index (χ0) is 24.5. The number of aliphatic hydroxyl groups is 1. The van der Waals surface area contributed by atoms with Crippen LogP contribution in [-0.2, 0) is 9.59 Å². The Morgan fingerprint density at radius 2 is 1.97 bits per heavy atom. The van der Waals surface area contributed by atoms with Gasteiger partial charge in [-0.2, -0.15) is 0 Å². The fraction of sp³-hybridized carbons (Fsp3) is 0.111. The molecule has 35 heavy (non-hydrogen) atoms. The first-order valence-electron chi connectivity index (χ1n) is 10.9. The molecule has 1 aliphatic heterocycles. The summed E-state index contributed by atoms with van der Waals surface area (Å²) < 4.78 is 6.59. The van der Waals surface area contributed by atoms with Crippen LogP contribution in [0, 0.1) is 6.92 Å². The zero-order valence-corrected chi connectivity index (χ0v) is 19.7. The van der Waals surface area contributed by atoms with E-state index >= 15 is 0 Å². The lowest BCUT2D eigenvalue weighted by Gasteiger charge is -2.23. The second-order valence-electron chi connectivity index (χ2n) is 8.04. The minimum absolute atomic E-state index is 0.0162. The molecule has 2 aromatic heterocycles. The fourth-order valence-electron chi connectivity index (χ4n) is 4.06. The van der Waals surface area contributed by atoms with Gasteiger partial charge in [-0.15, -0.1) is 0 Å². The Morgan fingerprint density at radius 1 is 1.17 bits per heavy atom. The number of carbonyl (C=O) groups excluding carboxylic acids is 2. The lowest BCUT2D eigenvalue weighted by atomic mass is 9.95. The van der Waals surface area contributed by atoms with Crippen LogP contribution in [0.15, 0.2) is 85.2 Å². The van der Waals surface area contributed by atoms with E-state index in [2.05, 4.69) is 16.5 Å². The van der Waals surface area contributed by atoms with E-state index in [0.717, 1.165) is 15.8 Å². The summed E-state index contributed by atoms with van der Waals surface area (Å²) in [7, 11) is 0. The highest BCUT2D eigenvalue weighted by atomic mass is 32.1. The van der Waals surface area contributed by atoms with Crippen molar-refractivity contribution in [3.63, 3.8) is 0 Å². The van der Waals surface area contributed by atoms with E-state index in [4.69, 9.17) is 4.74 Å². The van der Waals surface area contributed by atoms with E-state index in [1.807, 2.05) is 25.1 Å². The van der Waals surface area contributed by atoms with Crippen LogP contribution >= 0.6 is 11.3 Å². The highest BCUT2D eigenvalue weighted by Gasteiger charge is 2.48. The van der Waals surface area contributed by atoms with Gasteiger partial charge >= 0.3 is 5.91 Å². The normalized spacial score (nSPS) is 17.2. The number of fused-ring (bicyclic) bond motifs is 1. The summed E-state index contributed by atoms with van der Waals surface area (Å²) in [5.41, 5.74) is 2.78. The number of Topliss-reactive ketones (excluding diaryl/α,β-unsaturated/α-hetero) is 1. The quantitative estimate of drug-likeness (QED) is 0.176. The molecule has 1 unspecified atom stereocenters. The van der Waals surface area contributed by atoms with Crippen LogP contribution in [0.3, 0.4) is 0 Å². The predicted octanol–water partition coefficient (Wildman–Crippen LogP) is 5.19. The van der Waals surface area contributed by atoms with E-state index in [0.29, 0.717) is 28.6 Å². The summed E-state index contributed by atoms with van der Waals surface area (Å²) in [6.07, 6.45) is 4.66. The molecular formula is C27H21N3O4S. The number of ether oxygens (including phenoxy) is 1. The molecule has 4 aromatic rings. The maximum atomic E-state index is 13.4. The molecule has 8 heteroatoms. The number of aryl methyl sites for hydroxylation is 1. The molecule has 174 valence electrons. The van der Waals surface area contributed by atoms with Crippen molar-refractivity contribution in [2.45, 2.75) is 13.0 Å². The van der Waals surface area contributed by atoms with Gasteiger partial charge in [-0.1, -0.05) is 42.2 Å². The summed E-state index contributed by atoms with van der Waals surface area (Å²) in [6, 6.07) is 15.2. The van der Waals surface area contributed by atoms with Crippen molar-refractivity contribution >= 4 is 44.1 Å². The molecule has 0 aliphatic carbocycles. The second kappa shape index (κ2) is 9.15. The Labute approximate surface area is 205 Å². The summed E-state index contributed by atoms with van der Waals surface area (Å²) in [6.45, 7) is 5.95. The van der Waals surface area contributed by atoms with Crippen LogP contribution in [0.2, 0.25) is 0 Å². The van der Waals surface area contributed by atoms with Crippen molar-refractivity contribution in [3.8, 4) is 5.75 Å². The van der Waals surface area contributed by atoms with Gasteiger partial charge in [0.2, 0.25) is 0 Å². The molecule has 7 nitrogen and oxygen atoms in total. The Bertz CT molecular complexity index is 1490. The van der Waals surface area contributed by atoms with Gasteiger partial charge in [0.15, 0.2) is 5.13 Å². The molecule has 1 saturated heterocycles. The molecule has 0 radical (unpaired) electrons. The third kappa shape index (κ3) is 4.08. The van der Waals surface area contributed by atoms with Gasteiger partial charge in [-0.05, 0) is 54.4 Å². The fourth-order valence-corrected chi connectivity index (χ4v) is 5.15. The molecule has 2 aromatic carbocycles. The first kappa shape index (κ1) is 22.5. The Kier molecular flexibility index (Phi) is 5.88. The minimum Gasteiger partial charge on any atom is -0.507 e. The number of anilines is 1. The van der Waals surface area contributed by atoms with Crippen LogP contribution in [0.25, 0.3) is 16.0 Å². The molecule has 1 amide bonds. The van der Waals surface area contributed by atoms with Crippen molar-refractivity contribution < 1.29 is 19.4 Å². The summed E-state index contributed by atoms with van der Waals surface area (Å²) in [4.78, 5) is 36.7. The SMILES string of the molecule is C=CCOc1cccc(C2C(=C(O)c3ccncc3)C(=O)C(=O)N2c2nc3ccc(C)cc3s2)c1. The molecule has 0 spiro atoms. The van der Waals surface area contributed by atoms with Gasteiger partial charge < -0.3 is 9.84 Å². The Hall–Kier alpha value is -4.30. The first-order chi connectivity index (χ1) is 17.0. The highest BCUT2D eigenvalue weighted by Crippen LogP contribution is 2.44. The third-order valence-electron chi connectivity index (χ3n) is 5.68. The standard InChI is InChI=1S/C27H21N3O4S/c1-3-13-34-19-6-4-5-18(15-19)23-22(24(31)17-9-11-28-12-10-17)25(32)26(33)30(23)27-29-20-8-7-16(2)14-21(20)35-27/h3-12,14-15,23,31H,1,13H2,2H3. The lowest BCUT2D eigenvalue weighted by Crippen LogP contribution is -2.29. The lowest BCUT2D eigenvalue weighted by molar-refractivity contribution is -0.132. The van der Waals surface area contributed by atoms with Gasteiger partial charge in [0.25, 0.3) is 5.78 Å². The van der Waals surface area contributed by atoms with Crippen LogP contribution in [-0.4, -0.2) is 33.4 Å². The van der Waals surface area contributed by atoms with Crippen molar-refractivity contribution in [1.29, 1.82) is 0 Å². The number of thiazole rings is 1. The molecule has 3 heterocycles. The number of nitrogens with zero attached hydrogens (tertiary/aromatic N) is 3. The second-order valence-corrected chi connectivity index (χ2v) is 9.05. The molecule has 1 atom stereocenters. The van der Waals surface area contributed by atoms with Crippen molar-refractivity contribution in [2.24, 2.45) is 0 Å². The summed E-state index contributed by atoms with van der Waals surface area (Å²) in [5, 5.41) is 11.6. The number of ketones is 1. The molecule has 1 N–H and O–H groups in total. The number of amides is 1. The average molecular weight is 484 g/mol.